The Hall–Kier alpha value is -2.72. The van der Waals surface area contributed by atoms with E-state index >= 15 is 0 Å². The second-order valence-electron chi connectivity index (χ2n) is 6.51. The van der Waals surface area contributed by atoms with Crippen LogP contribution in [0.1, 0.15) is 29.3 Å². The zero-order chi connectivity index (χ0) is 21.3. The van der Waals surface area contributed by atoms with Crippen LogP contribution in [0.5, 0.6) is 0 Å². The molecular formula is C18H20ClF3N6O. The van der Waals surface area contributed by atoms with E-state index in [4.69, 9.17) is 23.2 Å². The van der Waals surface area contributed by atoms with Gasteiger partial charge in [-0.1, -0.05) is 17.7 Å². The molecule has 0 bridgehead atoms. The van der Waals surface area contributed by atoms with Gasteiger partial charge < -0.3 is 10.6 Å². The first-order chi connectivity index (χ1) is 13.6. The van der Waals surface area contributed by atoms with Crippen molar-refractivity contribution in [3.63, 3.8) is 0 Å². The molecule has 1 aliphatic heterocycles. The molecule has 1 aliphatic rings. The van der Waals surface area contributed by atoms with Crippen LogP contribution in [0.3, 0.4) is 0 Å². The average molecular weight is 429 g/mol. The Labute approximate surface area is 170 Å². The van der Waals surface area contributed by atoms with E-state index < -0.39 is 22.7 Å². The fraction of sp³-hybridized carbons (Fsp3) is 0.333. The zero-order valence-corrected chi connectivity index (χ0v) is 16.3. The number of carbonyl (C=O) groups excluding carboxylic acids is 1. The second kappa shape index (κ2) is 7.96. The van der Waals surface area contributed by atoms with Gasteiger partial charge in [0.15, 0.2) is 5.82 Å². The van der Waals surface area contributed by atoms with Gasteiger partial charge in [0.05, 0.1) is 28.4 Å². The highest BCUT2D eigenvalue weighted by Crippen LogP contribution is 2.36. The number of anilines is 1. The van der Waals surface area contributed by atoms with Crippen molar-refractivity contribution >= 4 is 23.3 Å². The SMILES string of the molecule is CCn1ccc(N(N)C2=C(N)CN(C(=O)c3cccc(C(F)(F)F)c3Cl)CC2)n1. The molecule has 0 unspecified atom stereocenters. The Morgan fingerprint density at radius 1 is 1.34 bits per heavy atom. The predicted octanol–water partition coefficient (Wildman–Crippen LogP) is 2.97. The van der Waals surface area contributed by atoms with Crippen LogP contribution in [0, 0.1) is 0 Å². The fourth-order valence-electron chi connectivity index (χ4n) is 3.11. The number of rotatable bonds is 4. The lowest BCUT2D eigenvalue weighted by Crippen LogP contribution is -2.44. The normalized spacial score (nSPS) is 15.0. The van der Waals surface area contributed by atoms with E-state index in [0.29, 0.717) is 30.2 Å². The number of halogens is 4. The lowest BCUT2D eigenvalue weighted by molar-refractivity contribution is -0.137. The van der Waals surface area contributed by atoms with Gasteiger partial charge in [0.2, 0.25) is 0 Å². The van der Waals surface area contributed by atoms with Crippen LogP contribution in [-0.4, -0.2) is 33.7 Å². The molecule has 2 heterocycles. The number of benzene rings is 1. The van der Waals surface area contributed by atoms with Crippen LogP contribution in [0.2, 0.25) is 5.02 Å². The first-order valence-electron chi connectivity index (χ1n) is 8.84. The summed E-state index contributed by atoms with van der Waals surface area (Å²) in [4.78, 5) is 14.1. The Morgan fingerprint density at radius 2 is 2.07 bits per heavy atom. The summed E-state index contributed by atoms with van der Waals surface area (Å²) in [6.45, 7) is 2.86. The van der Waals surface area contributed by atoms with E-state index in [0.717, 1.165) is 12.1 Å². The third-order valence-corrected chi connectivity index (χ3v) is 5.07. The van der Waals surface area contributed by atoms with E-state index in [2.05, 4.69) is 5.10 Å². The van der Waals surface area contributed by atoms with Crippen molar-refractivity contribution in [1.29, 1.82) is 0 Å². The van der Waals surface area contributed by atoms with Crippen molar-refractivity contribution in [2.45, 2.75) is 26.1 Å². The summed E-state index contributed by atoms with van der Waals surface area (Å²) in [6.07, 6.45) is -2.55. The van der Waals surface area contributed by atoms with Gasteiger partial charge in [-0.15, -0.1) is 0 Å². The number of hydrogen-bond donors (Lipinski definition) is 2. The Kier molecular flexibility index (Phi) is 5.76. The molecule has 11 heteroatoms. The number of hydrazine groups is 1. The van der Waals surface area contributed by atoms with Crippen LogP contribution in [0.15, 0.2) is 41.9 Å². The standard InChI is InChI=1S/C18H20ClF3N6O/c1-2-27-9-7-15(25-27)28(24)14-6-8-26(10-13(14)23)17(29)11-4-3-5-12(16(11)19)18(20,21)22/h3-5,7,9H,2,6,8,10,23-24H2,1H3. The van der Waals surface area contributed by atoms with Crippen molar-refractivity contribution in [2.24, 2.45) is 11.6 Å². The summed E-state index contributed by atoms with van der Waals surface area (Å²) in [5.74, 6) is 6.00. The molecule has 1 amide bonds. The lowest BCUT2D eigenvalue weighted by atomic mass is 10.1. The summed E-state index contributed by atoms with van der Waals surface area (Å²) in [6, 6.07) is 5.00. The van der Waals surface area contributed by atoms with Gasteiger partial charge in [-0.2, -0.15) is 18.3 Å². The molecule has 0 saturated carbocycles. The lowest BCUT2D eigenvalue weighted by Gasteiger charge is -2.32. The topological polar surface area (TPSA) is 93.4 Å². The molecule has 0 aliphatic carbocycles. The number of aromatic nitrogens is 2. The highest BCUT2D eigenvalue weighted by atomic mass is 35.5. The summed E-state index contributed by atoms with van der Waals surface area (Å²) in [5, 5.41) is 5.05. The molecule has 0 spiro atoms. The van der Waals surface area contributed by atoms with E-state index in [9.17, 15) is 18.0 Å². The molecule has 2 aromatic rings. The predicted molar refractivity (Wildman–Crippen MR) is 103 cm³/mol. The highest BCUT2D eigenvalue weighted by molar-refractivity contribution is 6.34. The molecule has 0 radical (unpaired) electrons. The van der Waals surface area contributed by atoms with E-state index in [1.165, 1.54) is 16.0 Å². The number of aryl methyl sites for hydroxylation is 1. The quantitative estimate of drug-likeness (QED) is 0.577. The molecule has 0 atom stereocenters. The van der Waals surface area contributed by atoms with Crippen molar-refractivity contribution in [1.82, 2.24) is 14.7 Å². The number of amides is 1. The molecule has 156 valence electrons. The molecule has 0 fully saturated rings. The Morgan fingerprint density at radius 3 is 2.66 bits per heavy atom. The minimum atomic E-state index is -4.65. The van der Waals surface area contributed by atoms with E-state index in [-0.39, 0.29) is 18.7 Å². The molecule has 4 N–H and O–H groups in total. The molecule has 1 aromatic carbocycles. The number of alkyl halides is 3. The third-order valence-electron chi connectivity index (χ3n) is 4.66. The molecule has 29 heavy (non-hydrogen) atoms. The van der Waals surface area contributed by atoms with Gasteiger partial charge in [-0.25, -0.2) is 5.84 Å². The number of nitrogens with two attached hydrogens (primary N) is 2. The maximum atomic E-state index is 13.1. The zero-order valence-electron chi connectivity index (χ0n) is 15.6. The summed E-state index contributed by atoms with van der Waals surface area (Å²) in [5.41, 5.74) is 5.78. The first kappa shape index (κ1) is 21.0. The molecule has 7 nitrogen and oxygen atoms in total. The van der Waals surface area contributed by atoms with Crippen molar-refractivity contribution < 1.29 is 18.0 Å². The average Bonchev–Trinajstić information content (AvgIpc) is 3.15. The maximum Gasteiger partial charge on any atom is 0.417 e. The minimum absolute atomic E-state index is 0.0168. The van der Waals surface area contributed by atoms with E-state index in [1.807, 2.05) is 6.92 Å². The summed E-state index contributed by atoms with van der Waals surface area (Å²) >= 11 is 5.87. The van der Waals surface area contributed by atoms with Crippen LogP contribution >= 0.6 is 11.6 Å². The minimum Gasteiger partial charge on any atom is -0.399 e. The molecule has 1 aromatic heterocycles. The van der Waals surface area contributed by atoms with Crippen molar-refractivity contribution in [2.75, 3.05) is 18.1 Å². The largest absolute Gasteiger partial charge is 0.417 e. The van der Waals surface area contributed by atoms with Gasteiger partial charge in [0, 0.05) is 37.5 Å². The highest BCUT2D eigenvalue weighted by Gasteiger charge is 2.35. The third kappa shape index (κ3) is 4.18. The smallest absolute Gasteiger partial charge is 0.399 e. The fourth-order valence-corrected chi connectivity index (χ4v) is 3.42. The van der Waals surface area contributed by atoms with E-state index in [1.54, 1.807) is 16.9 Å². The molecular weight excluding hydrogens is 409 g/mol. The summed E-state index contributed by atoms with van der Waals surface area (Å²) in [7, 11) is 0. The van der Waals surface area contributed by atoms with Crippen molar-refractivity contribution in [3.8, 4) is 0 Å². The number of hydrogen-bond acceptors (Lipinski definition) is 5. The molecule has 0 saturated heterocycles. The second-order valence-corrected chi connectivity index (χ2v) is 6.89. The van der Waals surface area contributed by atoms with Crippen molar-refractivity contribution in [3.05, 3.63) is 58.0 Å². The monoisotopic (exact) mass is 428 g/mol. The number of carbonyl (C=O) groups is 1. The van der Waals surface area contributed by atoms with Crippen LogP contribution in [0.4, 0.5) is 19.0 Å². The Balaban J connectivity index is 1.81. The van der Waals surface area contributed by atoms with Gasteiger partial charge in [0.25, 0.3) is 5.91 Å². The van der Waals surface area contributed by atoms with Crippen LogP contribution in [-0.2, 0) is 12.7 Å². The van der Waals surface area contributed by atoms with Gasteiger partial charge in [-0.3, -0.25) is 14.5 Å². The van der Waals surface area contributed by atoms with Crippen LogP contribution in [0.25, 0.3) is 0 Å². The number of nitrogens with zero attached hydrogens (tertiary/aromatic N) is 4. The maximum absolute atomic E-state index is 13.1. The van der Waals surface area contributed by atoms with Gasteiger partial charge >= 0.3 is 6.18 Å². The Bertz CT molecular complexity index is 955. The first-order valence-corrected chi connectivity index (χ1v) is 9.22. The summed E-state index contributed by atoms with van der Waals surface area (Å²) < 4.78 is 40.9. The molecule has 3 rings (SSSR count). The van der Waals surface area contributed by atoms with Gasteiger partial charge in [0.1, 0.15) is 0 Å². The van der Waals surface area contributed by atoms with Gasteiger partial charge in [-0.05, 0) is 19.1 Å². The van der Waals surface area contributed by atoms with Crippen LogP contribution < -0.4 is 16.6 Å².